The van der Waals surface area contributed by atoms with Crippen molar-refractivity contribution in [2.75, 3.05) is 5.73 Å². The summed E-state index contributed by atoms with van der Waals surface area (Å²) in [4.78, 5) is 15.8. The number of nitrogen functional groups attached to an aromatic ring is 1. The van der Waals surface area contributed by atoms with Gasteiger partial charge in [-0.25, -0.2) is 9.78 Å². The van der Waals surface area contributed by atoms with Crippen LogP contribution in [0.5, 0.6) is 5.75 Å². The molecule has 0 aliphatic heterocycles. The van der Waals surface area contributed by atoms with Crippen LogP contribution in [0.4, 0.5) is 10.5 Å². The second kappa shape index (κ2) is 7.62. The Morgan fingerprint density at radius 3 is 2.21 bits per heavy atom. The maximum Gasteiger partial charge on any atom is 0.511 e. The first-order valence-electron chi connectivity index (χ1n) is 8.59. The molecule has 29 heavy (non-hydrogen) atoms. The van der Waals surface area contributed by atoms with Gasteiger partial charge in [-0.15, -0.1) is 0 Å². The lowest BCUT2D eigenvalue weighted by atomic mass is 10.0. The lowest BCUT2D eigenvalue weighted by molar-refractivity contribution is 0.145. The molecule has 0 atom stereocenters. The summed E-state index contributed by atoms with van der Waals surface area (Å²) in [5.74, 6) is -0.0472. The highest BCUT2D eigenvalue weighted by Gasteiger charge is 2.20. The summed E-state index contributed by atoms with van der Waals surface area (Å²) < 4.78 is 4.96. The Morgan fingerprint density at radius 1 is 0.931 bits per heavy atom. The van der Waals surface area contributed by atoms with Gasteiger partial charge in [-0.1, -0.05) is 77.8 Å². The Labute approximate surface area is 176 Å². The van der Waals surface area contributed by atoms with Gasteiger partial charge in [0.05, 0.1) is 16.2 Å². The predicted molar refractivity (Wildman–Crippen MR) is 116 cm³/mol. The Kier molecular flexibility index (Phi) is 5.01. The average Bonchev–Trinajstić information content (AvgIpc) is 2.71. The molecule has 144 valence electrons. The number of ether oxygens (including phenoxy) is 1. The number of benzene rings is 3. The highest BCUT2D eigenvalue weighted by molar-refractivity contribution is 6.38. The number of hydrogen-bond donors (Lipinski definition) is 2. The molecule has 0 aliphatic rings. The van der Waals surface area contributed by atoms with Gasteiger partial charge in [-0.05, 0) is 23.3 Å². The van der Waals surface area contributed by atoms with Gasteiger partial charge in [0.15, 0.2) is 5.75 Å². The minimum atomic E-state index is -1.49. The zero-order chi connectivity index (χ0) is 20.5. The molecule has 0 bridgehead atoms. The van der Waals surface area contributed by atoms with E-state index in [1.54, 1.807) is 0 Å². The van der Waals surface area contributed by atoms with Crippen molar-refractivity contribution in [3.63, 3.8) is 0 Å². The Balaban J connectivity index is 1.89. The van der Waals surface area contributed by atoms with Crippen molar-refractivity contribution in [1.29, 1.82) is 0 Å². The van der Waals surface area contributed by atoms with Crippen LogP contribution in [0.3, 0.4) is 0 Å². The molecule has 5 nitrogen and oxygen atoms in total. The fourth-order valence-corrected chi connectivity index (χ4v) is 3.68. The summed E-state index contributed by atoms with van der Waals surface area (Å²) in [6.45, 7) is 0. The van der Waals surface area contributed by atoms with Crippen LogP contribution in [0, 0.1) is 0 Å². The molecule has 0 saturated heterocycles. The van der Waals surface area contributed by atoms with Gasteiger partial charge in [-0.2, -0.15) is 0 Å². The van der Waals surface area contributed by atoms with Crippen LogP contribution in [0.25, 0.3) is 33.3 Å². The van der Waals surface area contributed by atoms with E-state index < -0.39 is 6.16 Å². The lowest BCUT2D eigenvalue weighted by Gasteiger charge is -2.14. The topological polar surface area (TPSA) is 85.4 Å². The van der Waals surface area contributed by atoms with E-state index in [0.717, 1.165) is 11.1 Å². The van der Waals surface area contributed by atoms with Gasteiger partial charge in [0.2, 0.25) is 0 Å². The monoisotopic (exact) mass is 424 g/mol. The number of pyridine rings is 1. The zero-order valence-corrected chi connectivity index (χ0v) is 16.4. The molecule has 0 unspecified atom stereocenters. The molecule has 0 radical (unpaired) electrons. The van der Waals surface area contributed by atoms with E-state index in [1.165, 1.54) is 12.1 Å². The third-order valence-electron chi connectivity index (χ3n) is 4.45. The molecule has 0 aliphatic carbocycles. The van der Waals surface area contributed by atoms with Crippen molar-refractivity contribution in [3.05, 3.63) is 76.8 Å². The standard InChI is InChI=1S/C22H14Cl2N2O3/c23-15-10-16-20(17(24)11-15)26-19(18(25)21(16)29-22(27)28)14-8-6-13(7-9-14)12-4-2-1-3-5-12/h1-11H,25H2,(H,27,28). The van der Waals surface area contributed by atoms with Crippen molar-refractivity contribution in [2.24, 2.45) is 0 Å². The lowest BCUT2D eigenvalue weighted by Crippen LogP contribution is -2.08. The molecule has 3 N–H and O–H groups in total. The number of carboxylic acid groups (broad SMARTS) is 1. The largest absolute Gasteiger partial charge is 0.511 e. The van der Waals surface area contributed by atoms with Crippen molar-refractivity contribution in [3.8, 4) is 28.1 Å². The number of nitrogens with zero attached hydrogens (tertiary/aromatic N) is 1. The third kappa shape index (κ3) is 3.70. The molecule has 0 spiro atoms. The number of hydrogen-bond acceptors (Lipinski definition) is 4. The highest BCUT2D eigenvalue weighted by atomic mass is 35.5. The van der Waals surface area contributed by atoms with E-state index in [0.29, 0.717) is 27.2 Å². The maximum absolute atomic E-state index is 11.2. The number of carbonyl (C=O) groups is 1. The number of aromatic nitrogens is 1. The van der Waals surface area contributed by atoms with Crippen molar-refractivity contribution in [2.45, 2.75) is 0 Å². The molecular weight excluding hydrogens is 411 g/mol. The number of anilines is 1. The second-order valence-electron chi connectivity index (χ2n) is 6.30. The summed E-state index contributed by atoms with van der Waals surface area (Å²) in [5.41, 5.74) is 9.86. The van der Waals surface area contributed by atoms with E-state index in [2.05, 4.69) is 4.98 Å². The second-order valence-corrected chi connectivity index (χ2v) is 7.14. The van der Waals surface area contributed by atoms with Gasteiger partial charge >= 0.3 is 6.16 Å². The number of halogens is 2. The molecule has 1 aromatic heterocycles. The Hall–Kier alpha value is -3.28. The van der Waals surface area contributed by atoms with E-state index in [1.807, 2.05) is 54.6 Å². The first kappa shape index (κ1) is 19.1. The average molecular weight is 425 g/mol. The zero-order valence-electron chi connectivity index (χ0n) is 14.9. The molecule has 0 amide bonds. The quantitative estimate of drug-likeness (QED) is 0.365. The summed E-state index contributed by atoms with van der Waals surface area (Å²) in [5, 5.41) is 10.1. The number of nitrogens with two attached hydrogens (primary N) is 1. The number of rotatable bonds is 3. The van der Waals surface area contributed by atoms with E-state index in [4.69, 9.17) is 38.8 Å². The van der Waals surface area contributed by atoms with Crippen molar-refractivity contribution >= 4 is 45.9 Å². The van der Waals surface area contributed by atoms with Crippen LogP contribution in [0.15, 0.2) is 66.7 Å². The van der Waals surface area contributed by atoms with Gasteiger partial charge in [0, 0.05) is 16.0 Å². The van der Waals surface area contributed by atoms with Gasteiger partial charge in [0.1, 0.15) is 5.69 Å². The van der Waals surface area contributed by atoms with Crippen LogP contribution >= 0.6 is 23.2 Å². The van der Waals surface area contributed by atoms with Crippen LogP contribution in [0.1, 0.15) is 0 Å². The van der Waals surface area contributed by atoms with Crippen molar-refractivity contribution in [1.82, 2.24) is 4.98 Å². The molecule has 4 aromatic rings. The van der Waals surface area contributed by atoms with E-state index in [9.17, 15) is 4.79 Å². The number of fused-ring (bicyclic) bond motifs is 1. The minimum absolute atomic E-state index is 0.0472. The first-order chi connectivity index (χ1) is 13.9. The Bertz CT molecular complexity index is 1230. The third-order valence-corrected chi connectivity index (χ3v) is 4.96. The molecule has 0 saturated carbocycles. The van der Waals surface area contributed by atoms with E-state index >= 15 is 0 Å². The first-order valence-corrected chi connectivity index (χ1v) is 9.34. The maximum atomic E-state index is 11.2. The molecule has 1 heterocycles. The van der Waals surface area contributed by atoms with Crippen LogP contribution < -0.4 is 10.5 Å². The SMILES string of the molecule is Nc1c(-c2ccc(-c3ccccc3)cc2)nc2c(Cl)cc(Cl)cc2c1OC(=O)O. The molecule has 7 heteroatoms. The molecule has 0 fully saturated rings. The van der Waals surface area contributed by atoms with Crippen LogP contribution in [-0.4, -0.2) is 16.2 Å². The van der Waals surface area contributed by atoms with Gasteiger partial charge in [-0.3, -0.25) is 0 Å². The van der Waals surface area contributed by atoms with Crippen molar-refractivity contribution < 1.29 is 14.6 Å². The predicted octanol–water partition coefficient (Wildman–Crippen LogP) is 6.51. The Morgan fingerprint density at radius 2 is 1.55 bits per heavy atom. The van der Waals surface area contributed by atoms with Crippen LogP contribution in [0.2, 0.25) is 10.0 Å². The van der Waals surface area contributed by atoms with Gasteiger partial charge < -0.3 is 15.6 Å². The summed E-state index contributed by atoms with van der Waals surface area (Å²) in [6, 6.07) is 20.6. The van der Waals surface area contributed by atoms with Gasteiger partial charge in [0.25, 0.3) is 0 Å². The molecule has 3 aromatic carbocycles. The fourth-order valence-electron chi connectivity index (χ4n) is 3.15. The molecule has 4 rings (SSSR count). The fraction of sp³-hybridized carbons (Fsp3) is 0. The minimum Gasteiger partial charge on any atom is -0.449 e. The summed E-state index contributed by atoms with van der Waals surface area (Å²) in [7, 11) is 0. The van der Waals surface area contributed by atoms with Crippen LogP contribution in [-0.2, 0) is 0 Å². The van der Waals surface area contributed by atoms with E-state index in [-0.39, 0.29) is 16.5 Å². The normalized spacial score (nSPS) is 10.8. The smallest absolute Gasteiger partial charge is 0.449 e. The summed E-state index contributed by atoms with van der Waals surface area (Å²) >= 11 is 12.4. The summed E-state index contributed by atoms with van der Waals surface area (Å²) in [6.07, 6.45) is -1.49. The highest BCUT2D eigenvalue weighted by Crippen LogP contribution is 2.41. The molecular formula is C22H14Cl2N2O3.